The van der Waals surface area contributed by atoms with Crippen LogP contribution >= 0.6 is 0 Å². The number of hydrogen-bond acceptors (Lipinski definition) is 18. The number of carbonyl (C=O) groups is 4. The van der Waals surface area contributed by atoms with Crippen molar-refractivity contribution >= 4 is 72.6 Å². The molecule has 43 heavy (non-hydrogen) atoms. The second-order valence-electron chi connectivity index (χ2n) is 9.79. The molecule has 2 fully saturated rings. The van der Waals surface area contributed by atoms with Crippen LogP contribution in [-0.4, -0.2) is 209 Å². The van der Waals surface area contributed by atoms with Crippen molar-refractivity contribution in [3.05, 3.63) is 0 Å². The molecule has 0 spiro atoms. The number of aliphatic carboxylic acids is 2. The molecule has 20 nitrogen and oxygen atoms in total. The van der Waals surface area contributed by atoms with Crippen molar-refractivity contribution < 1.29 is 89.9 Å². The first-order chi connectivity index (χ1) is 19.2. The van der Waals surface area contributed by atoms with E-state index in [1.807, 2.05) is 0 Å². The summed E-state index contributed by atoms with van der Waals surface area (Å²) in [5.74, 6) is -11.1. The first-order valence-electron chi connectivity index (χ1n) is 12.3. The molecule has 0 aromatic heterocycles. The fraction of sp³-hybridized carbons (Fsp3) is 0.818. The minimum absolute atomic E-state index is 0. The maximum Gasteiger partial charge on any atom is 2.00 e. The monoisotopic (exact) mass is 754 g/mol. The number of hydrogen-bond donors (Lipinski definition) is 12. The maximum absolute atomic E-state index is 11.1. The number of carbonyl (C=O) groups excluding carboxylic acids is 4. The van der Waals surface area contributed by atoms with Crippen molar-refractivity contribution in [3.63, 3.8) is 0 Å². The number of rotatable bonds is 10. The van der Waals surface area contributed by atoms with E-state index in [9.17, 15) is 70.2 Å². The Bertz CT molecular complexity index is 887. The van der Waals surface area contributed by atoms with Gasteiger partial charge in [-0.3, -0.25) is 9.59 Å². The molecule has 2 amide bonds. The van der Waals surface area contributed by atoms with Gasteiger partial charge in [-0.05, 0) is 0 Å². The van der Waals surface area contributed by atoms with Crippen molar-refractivity contribution in [2.24, 2.45) is 0 Å². The van der Waals surface area contributed by atoms with Gasteiger partial charge in [0, 0.05) is 26.7 Å². The SMILES string of the molecule is CC(=O)N[C@H]1[C@H]([C@H](O)[C@H](O)CO)O[C@](O)(C(=O)[O-])C[C@@H]1O.CC(=O)N[C@H]1[C@H]([C@H](O)[C@H](O)CO)O[C@](O)(C(=O)[O-])C[C@@H]1O.[Ba+2]. The zero-order valence-corrected chi connectivity index (χ0v) is 27.5. The van der Waals surface area contributed by atoms with Crippen LogP contribution in [0.1, 0.15) is 26.7 Å². The molecule has 0 bridgehead atoms. The van der Waals surface area contributed by atoms with E-state index >= 15 is 0 Å². The van der Waals surface area contributed by atoms with Gasteiger partial charge in [0.15, 0.2) is 0 Å². The van der Waals surface area contributed by atoms with Crippen molar-refractivity contribution in [2.75, 3.05) is 13.2 Å². The summed E-state index contributed by atoms with van der Waals surface area (Å²) < 4.78 is 9.60. The summed E-state index contributed by atoms with van der Waals surface area (Å²) in [6.45, 7) is 0.456. The van der Waals surface area contributed by atoms with Crippen LogP contribution in [0, 0.1) is 0 Å². The molecule has 12 atom stereocenters. The standard InChI is InChI=1S/2C11H19NO9.Ba/c2*1-4(14)12-7-5(15)2-11(20,10(18)19)21-9(7)8(17)6(16)3-13;/h2*5-9,13,15-17,20H,2-3H2,1H3,(H,12,14)(H,18,19);/q;;+2/p-2/t2*5-,6+,7+,8+,9+,11-;/m00./s1. The average Bonchev–Trinajstić information content (AvgIpc) is 2.89. The Morgan fingerprint density at radius 3 is 1.23 bits per heavy atom. The maximum atomic E-state index is 11.1. The molecular weight excluding hydrogens is 718 g/mol. The molecule has 2 saturated heterocycles. The van der Waals surface area contributed by atoms with Gasteiger partial charge in [0.25, 0.3) is 0 Å². The number of aliphatic hydroxyl groups excluding tert-OH is 8. The Labute approximate surface area is 283 Å². The van der Waals surface area contributed by atoms with E-state index in [0.717, 1.165) is 13.8 Å². The van der Waals surface area contributed by atoms with Gasteiger partial charge in [-0.25, -0.2) is 0 Å². The molecule has 244 valence electrons. The van der Waals surface area contributed by atoms with E-state index in [2.05, 4.69) is 10.6 Å². The molecule has 2 aliphatic rings. The molecule has 0 aliphatic carbocycles. The zero-order chi connectivity index (χ0) is 32.7. The molecule has 0 radical (unpaired) electrons. The average molecular weight is 754 g/mol. The minimum Gasteiger partial charge on any atom is -0.544 e. The van der Waals surface area contributed by atoms with Crippen molar-refractivity contribution in [1.82, 2.24) is 10.6 Å². The molecule has 2 rings (SSSR count). The van der Waals surface area contributed by atoms with Crippen LogP contribution in [0.3, 0.4) is 0 Å². The van der Waals surface area contributed by atoms with Gasteiger partial charge < -0.3 is 91.0 Å². The summed E-state index contributed by atoms with van der Waals surface area (Å²) in [6.07, 6.45) is -15.3. The summed E-state index contributed by atoms with van der Waals surface area (Å²) in [5, 5.41) is 122. The van der Waals surface area contributed by atoms with E-state index in [-0.39, 0.29) is 48.9 Å². The van der Waals surface area contributed by atoms with E-state index in [4.69, 9.17) is 19.7 Å². The Hall–Kier alpha value is -1.03. The zero-order valence-electron chi connectivity index (χ0n) is 23.0. The fourth-order valence-electron chi connectivity index (χ4n) is 4.26. The summed E-state index contributed by atoms with van der Waals surface area (Å²) in [6, 6.07) is -2.59. The molecular formula is C22H36BaN2O18. The summed E-state index contributed by atoms with van der Waals surface area (Å²) in [7, 11) is 0. The molecule has 0 aromatic rings. The van der Waals surface area contributed by atoms with Crippen LogP contribution < -0.4 is 20.8 Å². The second-order valence-corrected chi connectivity index (χ2v) is 9.79. The first kappa shape index (κ1) is 42.0. The third-order valence-electron chi connectivity index (χ3n) is 6.38. The van der Waals surface area contributed by atoms with Gasteiger partial charge in [0.1, 0.15) is 48.6 Å². The van der Waals surface area contributed by atoms with Gasteiger partial charge in [-0.2, -0.15) is 0 Å². The topological polar surface area (TPSA) is 359 Å². The largest absolute Gasteiger partial charge is 2.00 e. The number of carboxylic acids is 2. The van der Waals surface area contributed by atoms with Crippen LogP contribution in [-0.2, 0) is 28.7 Å². The second kappa shape index (κ2) is 17.6. The Morgan fingerprint density at radius 2 is 1.02 bits per heavy atom. The number of carboxylic acid groups (broad SMARTS) is 2. The Balaban J connectivity index is 0.000000802. The predicted molar refractivity (Wildman–Crippen MR) is 130 cm³/mol. The number of amides is 2. The molecule has 0 saturated carbocycles. The van der Waals surface area contributed by atoms with Gasteiger partial charge in [-0.1, -0.05) is 0 Å². The summed E-state index contributed by atoms with van der Waals surface area (Å²) in [4.78, 5) is 44.0. The van der Waals surface area contributed by atoms with Crippen LogP contribution in [0.25, 0.3) is 0 Å². The molecule has 12 N–H and O–H groups in total. The predicted octanol–water partition coefficient (Wildman–Crippen LogP) is -10.8. The van der Waals surface area contributed by atoms with Crippen LogP contribution in [0.5, 0.6) is 0 Å². The smallest absolute Gasteiger partial charge is 0.544 e. The van der Waals surface area contributed by atoms with E-state index in [0.29, 0.717) is 0 Å². The van der Waals surface area contributed by atoms with E-state index in [1.54, 1.807) is 0 Å². The van der Waals surface area contributed by atoms with E-state index in [1.165, 1.54) is 0 Å². The van der Waals surface area contributed by atoms with Crippen molar-refractivity contribution in [2.45, 2.75) is 99.2 Å². The number of ether oxygens (including phenoxy) is 2. The summed E-state index contributed by atoms with van der Waals surface area (Å²) >= 11 is 0. The Morgan fingerprint density at radius 1 is 0.744 bits per heavy atom. The minimum atomic E-state index is -2.89. The molecule has 2 aliphatic heterocycles. The molecule has 2 heterocycles. The van der Waals surface area contributed by atoms with Crippen LogP contribution in [0.4, 0.5) is 0 Å². The summed E-state index contributed by atoms with van der Waals surface area (Å²) in [5.41, 5.74) is 0. The van der Waals surface area contributed by atoms with Crippen LogP contribution in [0.2, 0.25) is 0 Å². The third kappa shape index (κ3) is 11.1. The first-order valence-corrected chi connectivity index (χ1v) is 12.3. The Kier molecular flexibility index (Phi) is 17.2. The van der Waals surface area contributed by atoms with E-state index < -0.39 is 122 Å². The molecule has 21 heteroatoms. The van der Waals surface area contributed by atoms with Gasteiger partial charge in [0.05, 0.1) is 37.5 Å². The number of aliphatic hydroxyl groups is 10. The fourth-order valence-corrected chi connectivity index (χ4v) is 4.26. The van der Waals surface area contributed by atoms with Gasteiger partial charge in [0.2, 0.25) is 23.4 Å². The van der Waals surface area contributed by atoms with Gasteiger partial charge >= 0.3 is 48.9 Å². The van der Waals surface area contributed by atoms with Gasteiger partial charge in [-0.15, -0.1) is 0 Å². The molecule has 0 unspecified atom stereocenters. The molecule has 0 aromatic carbocycles. The van der Waals surface area contributed by atoms with Crippen molar-refractivity contribution in [3.8, 4) is 0 Å². The van der Waals surface area contributed by atoms with Crippen molar-refractivity contribution in [1.29, 1.82) is 0 Å². The normalized spacial score (nSPS) is 35.0. The quantitative estimate of drug-likeness (QED) is 0.0921. The third-order valence-corrected chi connectivity index (χ3v) is 6.38. The van der Waals surface area contributed by atoms with Crippen LogP contribution in [0.15, 0.2) is 0 Å². The number of nitrogens with one attached hydrogen (secondary N) is 2.